The Kier molecular flexibility index (Phi) is 4.02. The van der Waals surface area contributed by atoms with E-state index in [0.29, 0.717) is 10.6 Å². The van der Waals surface area contributed by atoms with Crippen LogP contribution in [0.2, 0.25) is 0 Å². The van der Waals surface area contributed by atoms with E-state index in [9.17, 15) is 13.2 Å². The number of nitrogens with zero attached hydrogens (tertiary/aromatic N) is 1. The van der Waals surface area contributed by atoms with Crippen LogP contribution in [-0.2, 0) is 14.6 Å². The van der Waals surface area contributed by atoms with Gasteiger partial charge in [-0.25, -0.2) is 13.2 Å². The van der Waals surface area contributed by atoms with Crippen molar-refractivity contribution in [3.63, 3.8) is 0 Å². The Morgan fingerprint density at radius 1 is 1.29 bits per heavy atom. The molecule has 1 atom stereocenters. The monoisotopic (exact) mass is 353 g/mol. The van der Waals surface area contributed by atoms with Gasteiger partial charge in [0.1, 0.15) is 18.0 Å². The maximum Gasteiger partial charge on any atom is 0.410 e. The third kappa shape index (κ3) is 3.22. The third-order valence-corrected chi connectivity index (χ3v) is 6.44. The summed E-state index contributed by atoms with van der Waals surface area (Å²) in [6.45, 7) is 5.73. The van der Waals surface area contributed by atoms with Crippen LogP contribution in [0.5, 0.6) is 5.75 Å². The van der Waals surface area contributed by atoms with E-state index in [2.05, 4.69) is 0 Å². The van der Waals surface area contributed by atoms with Gasteiger partial charge in [0.05, 0.1) is 16.2 Å². The number of hydrogen-bond acceptors (Lipinski definition) is 5. The van der Waals surface area contributed by atoms with E-state index < -0.39 is 21.5 Å². The van der Waals surface area contributed by atoms with Crippen molar-refractivity contribution in [3.8, 4) is 5.75 Å². The lowest BCUT2D eigenvalue weighted by molar-refractivity contribution is 0.0201. The molecule has 24 heavy (non-hydrogen) atoms. The second-order valence-corrected chi connectivity index (χ2v) is 9.59. The summed E-state index contributed by atoms with van der Waals surface area (Å²) in [5.41, 5.74) is 0.230. The predicted octanol–water partition coefficient (Wildman–Crippen LogP) is 2.92. The molecule has 1 aromatic rings. The highest BCUT2D eigenvalue weighted by Crippen LogP contribution is 2.40. The maximum atomic E-state index is 12.3. The van der Waals surface area contributed by atoms with Crippen molar-refractivity contribution in [1.82, 2.24) is 4.90 Å². The van der Waals surface area contributed by atoms with Gasteiger partial charge in [-0.2, -0.15) is 0 Å². The smallest absolute Gasteiger partial charge is 0.410 e. The minimum absolute atomic E-state index is 0.253. The van der Waals surface area contributed by atoms with Crippen LogP contribution in [0, 0.1) is 0 Å². The molecule has 1 aromatic carbocycles. The van der Waals surface area contributed by atoms with Gasteiger partial charge in [0.2, 0.25) is 0 Å². The molecule has 0 bridgehead atoms. The second-order valence-electron chi connectivity index (χ2n) is 7.36. The van der Waals surface area contributed by atoms with Gasteiger partial charge in [-0.3, -0.25) is 0 Å². The normalized spacial score (nSPS) is 20.2. The van der Waals surface area contributed by atoms with Crippen molar-refractivity contribution in [3.05, 3.63) is 23.8 Å². The number of ether oxygens (including phenoxy) is 2. The fraction of sp³-hybridized carbons (Fsp3) is 0.588. The summed E-state index contributed by atoms with van der Waals surface area (Å²) in [5, 5.41) is -0.253. The molecule has 0 unspecified atom stereocenters. The van der Waals surface area contributed by atoms with Crippen molar-refractivity contribution in [2.75, 3.05) is 13.7 Å². The molecule has 0 N–H and O–H groups in total. The number of benzene rings is 1. The Morgan fingerprint density at radius 2 is 1.96 bits per heavy atom. The lowest BCUT2D eigenvalue weighted by Crippen LogP contribution is -2.37. The van der Waals surface area contributed by atoms with Gasteiger partial charge >= 0.3 is 6.09 Å². The van der Waals surface area contributed by atoms with E-state index in [1.807, 2.05) is 20.8 Å². The molecular weight excluding hydrogens is 330 g/mol. The first-order chi connectivity index (χ1) is 11.1. The molecule has 3 rings (SSSR count). The van der Waals surface area contributed by atoms with Crippen LogP contribution in [0.15, 0.2) is 23.1 Å². The standard InChI is InChI=1S/C17H23NO5S/c1-17(2,3)23-16(19)18(4)14-10-22-15-9-12(7-8-13(14)15)24(20,21)11-5-6-11/h7-9,11,14H,5-6,10H2,1-4H3/t14-/m1/s1. The van der Waals surface area contributed by atoms with Crippen LogP contribution in [0.3, 0.4) is 0 Å². The summed E-state index contributed by atoms with van der Waals surface area (Å²) in [5.74, 6) is 0.525. The van der Waals surface area contributed by atoms with Crippen molar-refractivity contribution >= 4 is 15.9 Å². The summed E-state index contributed by atoms with van der Waals surface area (Å²) < 4.78 is 35.7. The van der Waals surface area contributed by atoms with Gasteiger partial charge < -0.3 is 14.4 Å². The summed E-state index contributed by atoms with van der Waals surface area (Å²) >= 11 is 0. The molecule has 7 heteroatoms. The number of carbonyl (C=O) groups is 1. The fourth-order valence-corrected chi connectivity index (χ4v) is 4.37. The quantitative estimate of drug-likeness (QED) is 0.835. The topological polar surface area (TPSA) is 72.9 Å². The average molecular weight is 353 g/mol. The molecule has 1 saturated carbocycles. The summed E-state index contributed by atoms with van der Waals surface area (Å²) in [4.78, 5) is 14.0. The lowest BCUT2D eigenvalue weighted by Gasteiger charge is -2.28. The summed E-state index contributed by atoms with van der Waals surface area (Å²) in [6.07, 6.45) is 1.02. The molecule has 1 aliphatic carbocycles. The Hall–Kier alpha value is -1.76. The van der Waals surface area contributed by atoms with Gasteiger partial charge in [-0.05, 0) is 45.7 Å². The molecule has 1 aliphatic heterocycles. The number of sulfone groups is 1. The second kappa shape index (κ2) is 5.65. The largest absolute Gasteiger partial charge is 0.491 e. The van der Waals surface area contributed by atoms with Gasteiger partial charge in [0.25, 0.3) is 0 Å². The van der Waals surface area contributed by atoms with Crippen molar-refractivity contribution in [2.45, 2.75) is 55.4 Å². The molecule has 2 aliphatic rings. The van der Waals surface area contributed by atoms with Crippen LogP contribution >= 0.6 is 0 Å². The third-order valence-electron chi connectivity index (χ3n) is 4.18. The highest BCUT2D eigenvalue weighted by Gasteiger charge is 2.39. The minimum atomic E-state index is -3.25. The average Bonchev–Trinajstić information content (AvgIpc) is 3.25. The van der Waals surface area contributed by atoms with E-state index in [1.165, 1.54) is 4.90 Å². The van der Waals surface area contributed by atoms with E-state index in [4.69, 9.17) is 9.47 Å². The maximum absolute atomic E-state index is 12.3. The van der Waals surface area contributed by atoms with Crippen LogP contribution in [0.25, 0.3) is 0 Å². The molecule has 0 aromatic heterocycles. The summed E-state index contributed by atoms with van der Waals surface area (Å²) in [6, 6.07) is 4.64. The number of carbonyl (C=O) groups excluding carboxylic acids is 1. The Balaban J connectivity index is 1.81. The molecule has 0 saturated heterocycles. The predicted molar refractivity (Wildman–Crippen MR) is 88.9 cm³/mol. The summed E-state index contributed by atoms with van der Waals surface area (Å²) in [7, 11) is -1.59. The van der Waals surface area contributed by atoms with Gasteiger partial charge in [-0.15, -0.1) is 0 Å². The molecule has 1 heterocycles. The van der Waals surface area contributed by atoms with E-state index in [1.54, 1.807) is 25.2 Å². The zero-order valence-corrected chi connectivity index (χ0v) is 15.2. The SMILES string of the molecule is CN(C(=O)OC(C)(C)C)[C@@H]1COc2cc(S(=O)(=O)C3CC3)ccc21. The lowest BCUT2D eigenvalue weighted by atomic mass is 10.1. The van der Waals surface area contributed by atoms with E-state index >= 15 is 0 Å². The van der Waals surface area contributed by atoms with Crippen molar-refractivity contribution < 1.29 is 22.7 Å². The molecule has 0 spiro atoms. The van der Waals surface area contributed by atoms with Gasteiger partial charge in [0.15, 0.2) is 9.84 Å². The fourth-order valence-electron chi connectivity index (χ4n) is 2.70. The molecule has 132 valence electrons. The number of fused-ring (bicyclic) bond motifs is 1. The number of likely N-dealkylation sites (N-methyl/N-ethyl adjacent to an activating group) is 1. The minimum Gasteiger partial charge on any atom is -0.491 e. The molecule has 0 radical (unpaired) electrons. The number of hydrogen-bond donors (Lipinski definition) is 0. The first-order valence-electron chi connectivity index (χ1n) is 8.06. The Bertz CT molecular complexity index is 762. The first-order valence-corrected chi connectivity index (χ1v) is 9.61. The zero-order valence-electron chi connectivity index (χ0n) is 14.4. The van der Waals surface area contributed by atoms with Crippen LogP contribution in [0.1, 0.15) is 45.2 Å². The van der Waals surface area contributed by atoms with Crippen LogP contribution < -0.4 is 4.74 Å². The number of rotatable bonds is 3. The van der Waals surface area contributed by atoms with Crippen molar-refractivity contribution in [2.24, 2.45) is 0 Å². The number of amides is 1. The molecule has 1 amide bonds. The zero-order chi connectivity index (χ0) is 17.7. The Morgan fingerprint density at radius 3 is 2.54 bits per heavy atom. The molecule has 1 fully saturated rings. The van der Waals surface area contributed by atoms with E-state index in [0.717, 1.165) is 18.4 Å². The first kappa shape index (κ1) is 17.1. The van der Waals surface area contributed by atoms with Gasteiger partial charge in [-0.1, -0.05) is 6.07 Å². The Labute approximate surface area is 142 Å². The van der Waals surface area contributed by atoms with Crippen molar-refractivity contribution in [1.29, 1.82) is 0 Å². The van der Waals surface area contributed by atoms with Crippen LogP contribution in [0.4, 0.5) is 4.79 Å². The highest BCUT2D eigenvalue weighted by atomic mass is 32.2. The highest BCUT2D eigenvalue weighted by molar-refractivity contribution is 7.92. The van der Waals surface area contributed by atoms with Crippen LogP contribution in [-0.4, -0.2) is 43.9 Å². The van der Waals surface area contributed by atoms with Gasteiger partial charge in [0, 0.05) is 12.6 Å². The molecular formula is C17H23NO5S. The molecule has 6 nitrogen and oxygen atoms in total. The van der Waals surface area contributed by atoms with E-state index in [-0.39, 0.29) is 17.9 Å².